The number of rotatable bonds is 3. The van der Waals surface area contributed by atoms with Gasteiger partial charge in [-0.1, -0.05) is 0 Å². The first-order valence-electron chi connectivity index (χ1n) is 5.72. The molecule has 0 unspecified atom stereocenters. The molecule has 0 fully saturated rings. The quantitative estimate of drug-likeness (QED) is 0.663. The summed E-state index contributed by atoms with van der Waals surface area (Å²) in [6.45, 7) is 0. The average molecular weight is 252 g/mol. The van der Waals surface area contributed by atoms with Crippen molar-refractivity contribution in [2.75, 3.05) is 11.2 Å². The molecule has 1 aromatic rings. The lowest BCUT2D eigenvalue weighted by atomic mass is 10.0. The normalized spacial score (nSPS) is 14.8. The number of hydrogen-bond acceptors (Lipinski definition) is 2. The summed E-state index contributed by atoms with van der Waals surface area (Å²) in [5, 5.41) is 2.84. The number of nitrogens with one attached hydrogen (secondary N) is 1. The predicted molar refractivity (Wildman–Crippen MR) is 67.7 cm³/mol. The van der Waals surface area contributed by atoms with Crippen LogP contribution in [0.5, 0.6) is 0 Å². The second-order valence-electron chi connectivity index (χ2n) is 4.14. The fourth-order valence-corrected chi connectivity index (χ4v) is 2.15. The molecule has 0 saturated carbocycles. The zero-order valence-corrected chi connectivity index (χ0v) is 10.2. The molecule has 17 heavy (non-hydrogen) atoms. The van der Waals surface area contributed by atoms with Crippen LogP contribution in [0.15, 0.2) is 18.2 Å². The van der Waals surface area contributed by atoms with Gasteiger partial charge in [0.25, 0.3) is 0 Å². The summed E-state index contributed by atoms with van der Waals surface area (Å²) in [5.41, 5.74) is 2.55. The zero-order chi connectivity index (χ0) is 12.3. The average Bonchev–Trinajstić information content (AvgIpc) is 2.49. The minimum absolute atomic E-state index is 0.0450. The van der Waals surface area contributed by atoms with Gasteiger partial charge in [-0.15, -0.1) is 11.6 Å². The van der Waals surface area contributed by atoms with Gasteiger partial charge >= 0.3 is 0 Å². The summed E-state index contributed by atoms with van der Waals surface area (Å²) < 4.78 is 0. The van der Waals surface area contributed by atoms with Gasteiger partial charge in [0.1, 0.15) is 0 Å². The summed E-state index contributed by atoms with van der Waals surface area (Å²) in [7, 11) is 0. The topological polar surface area (TPSA) is 46.2 Å². The van der Waals surface area contributed by atoms with E-state index in [-0.39, 0.29) is 11.7 Å². The highest BCUT2D eigenvalue weighted by Crippen LogP contribution is 2.23. The molecule has 1 heterocycles. The van der Waals surface area contributed by atoms with E-state index in [4.69, 9.17) is 11.6 Å². The minimum atomic E-state index is 0.0450. The first-order valence-corrected chi connectivity index (χ1v) is 6.26. The maximum absolute atomic E-state index is 11.7. The third kappa shape index (κ3) is 2.86. The fourth-order valence-electron chi connectivity index (χ4n) is 1.98. The van der Waals surface area contributed by atoms with Gasteiger partial charge in [0, 0.05) is 30.0 Å². The lowest BCUT2D eigenvalue weighted by Crippen LogP contribution is -2.09. The number of carbonyl (C=O) groups excluding carboxylic acids is 2. The second kappa shape index (κ2) is 5.32. The summed E-state index contributed by atoms with van der Waals surface area (Å²) in [4.78, 5) is 23.1. The number of alkyl halides is 1. The molecule has 0 spiro atoms. The number of anilines is 1. The summed E-state index contributed by atoms with van der Waals surface area (Å²) in [6, 6.07) is 5.43. The van der Waals surface area contributed by atoms with Gasteiger partial charge in [-0.3, -0.25) is 9.59 Å². The van der Waals surface area contributed by atoms with Crippen LogP contribution in [0, 0.1) is 0 Å². The van der Waals surface area contributed by atoms with E-state index in [1.807, 2.05) is 6.07 Å². The molecule has 1 aliphatic rings. The van der Waals surface area contributed by atoms with Gasteiger partial charge < -0.3 is 5.32 Å². The minimum Gasteiger partial charge on any atom is -0.326 e. The van der Waals surface area contributed by atoms with Crippen LogP contribution in [0.2, 0.25) is 0 Å². The van der Waals surface area contributed by atoms with Gasteiger partial charge in [-0.05, 0) is 36.6 Å². The number of halogens is 1. The Bertz CT molecular complexity index is 457. The lowest BCUT2D eigenvalue weighted by molar-refractivity contribution is -0.116. The summed E-state index contributed by atoms with van der Waals surface area (Å²) >= 11 is 5.56. The first-order chi connectivity index (χ1) is 8.20. The monoisotopic (exact) mass is 251 g/mol. The molecular formula is C13H14ClNO2. The van der Waals surface area contributed by atoms with E-state index < -0.39 is 0 Å². The van der Waals surface area contributed by atoms with Crippen molar-refractivity contribution >= 4 is 29.0 Å². The zero-order valence-electron chi connectivity index (χ0n) is 9.46. The van der Waals surface area contributed by atoms with Crippen molar-refractivity contribution in [3.05, 3.63) is 29.3 Å². The number of benzene rings is 1. The van der Waals surface area contributed by atoms with E-state index >= 15 is 0 Å². The van der Waals surface area contributed by atoms with Crippen LogP contribution in [0.4, 0.5) is 5.69 Å². The number of carbonyl (C=O) groups is 2. The van der Waals surface area contributed by atoms with Crippen molar-refractivity contribution in [3.8, 4) is 0 Å². The molecule has 0 aromatic heterocycles. The van der Waals surface area contributed by atoms with Gasteiger partial charge in [-0.25, -0.2) is 0 Å². The van der Waals surface area contributed by atoms with Crippen LogP contribution in [-0.4, -0.2) is 17.6 Å². The standard InChI is InChI=1S/C13H14ClNO2/c14-7-6-12(16)10-4-5-11-9(8-10)2-1-3-13(17)15-11/h4-5,8H,1-3,6-7H2,(H,15,17). The van der Waals surface area contributed by atoms with Crippen LogP contribution in [0.1, 0.15) is 35.2 Å². The number of Topliss-reactive ketones (excluding diaryl/α,β-unsaturated/α-hetero) is 1. The highest BCUT2D eigenvalue weighted by atomic mass is 35.5. The van der Waals surface area contributed by atoms with Gasteiger partial charge in [0.15, 0.2) is 5.78 Å². The molecule has 2 rings (SSSR count). The Hall–Kier alpha value is -1.35. The van der Waals surface area contributed by atoms with Crippen molar-refractivity contribution in [1.82, 2.24) is 0 Å². The van der Waals surface area contributed by atoms with Crippen molar-refractivity contribution in [2.45, 2.75) is 25.7 Å². The highest BCUT2D eigenvalue weighted by molar-refractivity contribution is 6.19. The molecule has 3 nitrogen and oxygen atoms in total. The maximum Gasteiger partial charge on any atom is 0.224 e. The Kier molecular flexibility index (Phi) is 3.79. The fraction of sp³-hybridized carbons (Fsp3) is 0.385. The largest absolute Gasteiger partial charge is 0.326 e. The van der Waals surface area contributed by atoms with E-state index in [0.717, 1.165) is 24.1 Å². The number of ketones is 1. The highest BCUT2D eigenvalue weighted by Gasteiger charge is 2.14. The van der Waals surface area contributed by atoms with Crippen LogP contribution in [-0.2, 0) is 11.2 Å². The molecule has 1 aliphatic heterocycles. The molecule has 1 N–H and O–H groups in total. The van der Waals surface area contributed by atoms with Crippen molar-refractivity contribution in [2.24, 2.45) is 0 Å². The lowest BCUT2D eigenvalue weighted by Gasteiger charge is -2.08. The van der Waals surface area contributed by atoms with Crippen LogP contribution in [0.3, 0.4) is 0 Å². The summed E-state index contributed by atoms with van der Waals surface area (Å²) in [6.07, 6.45) is 2.55. The SMILES string of the molecule is O=C1CCCc2cc(C(=O)CCCl)ccc2N1. The van der Waals surface area contributed by atoms with Crippen LogP contribution in [0.25, 0.3) is 0 Å². The van der Waals surface area contributed by atoms with E-state index in [1.54, 1.807) is 12.1 Å². The van der Waals surface area contributed by atoms with E-state index in [0.29, 0.717) is 24.3 Å². The molecule has 1 amide bonds. The molecular weight excluding hydrogens is 238 g/mol. The number of fused-ring (bicyclic) bond motifs is 1. The van der Waals surface area contributed by atoms with E-state index in [1.165, 1.54) is 0 Å². The summed E-state index contributed by atoms with van der Waals surface area (Å²) in [5.74, 6) is 0.439. The molecule has 4 heteroatoms. The van der Waals surface area contributed by atoms with Gasteiger partial charge in [0.2, 0.25) is 5.91 Å². The van der Waals surface area contributed by atoms with Gasteiger partial charge in [-0.2, -0.15) is 0 Å². The third-order valence-electron chi connectivity index (χ3n) is 2.87. The molecule has 0 atom stereocenters. The Balaban J connectivity index is 2.27. The Labute approximate surface area is 105 Å². The molecule has 0 bridgehead atoms. The molecule has 0 radical (unpaired) electrons. The van der Waals surface area contributed by atoms with Crippen molar-refractivity contribution in [1.29, 1.82) is 0 Å². The third-order valence-corrected chi connectivity index (χ3v) is 3.06. The maximum atomic E-state index is 11.7. The molecule has 1 aromatic carbocycles. The number of aryl methyl sites for hydroxylation is 1. The van der Waals surface area contributed by atoms with Crippen LogP contribution < -0.4 is 5.32 Å². The molecule has 90 valence electrons. The molecule has 0 saturated heterocycles. The van der Waals surface area contributed by atoms with Crippen molar-refractivity contribution in [3.63, 3.8) is 0 Å². The van der Waals surface area contributed by atoms with Crippen LogP contribution >= 0.6 is 11.6 Å². The first kappa shape index (κ1) is 12.1. The Morgan fingerprint density at radius 1 is 1.35 bits per heavy atom. The molecule has 0 aliphatic carbocycles. The number of hydrogen-bond donors (Lipinski definition) is 1. The Morgan fingerprint density at radius 3 is 2.94 bits per heavy atom. The van der Waals surface area contributed by atoms with Gasteiger partial charge in [0.05, 0.1) is 0 Å². The van der Waals surface area contributed by atoms with E-state index in [9.17, 15) is 9.59 Å². The van der Waals surface area contributed by atoms with E-state index in [2.05, 4.69) is 5.32 Å². The predicted octanol–water partition coefficient (Wildman–Crippen LogP) is 2.77. The second-order valence-corrected chi connectivity index (χ2v) is 4.51. The Morgan fingerprint density at radius 2 is 2.18 bits per heavy atom. The number of amides is 1. The smallest absolute Gasteiger partial charge is 0.224 e. The van der Waals surface area contributed by atoms with Crippen molar-refractivity contribution < 1.29 is 9.59 Å².